The van der Waals surface area contributed by atoms with Gasteiger partial charge in [0.05, 0.1) is 13.7 Å². The summed E-state index contributed by atoms with van der Waals surface area (Å²) in [5.41, 5.74) is 1.23. The number of benzene rings is 2. The highest BCUT2D eigenvalue weighted by Crippen LogP contribution is 2.24. The Labute approximate surface area is 145 Å². The smallest absolute Gasteiger partial charge is 0.251 e. The van der Waals surface area contributed by atoms with Crippen LogP contribution >= 0.6 is 0 Å². The predicted molar refractivity (Wildman–Crippen MR) is 91.9 cm³/mol. The molecule has 0 bridgehead atoms. The summed E-state index contributed by atoms with van der Waals surface area (Å²) in [4.78, 5) is 12.1. The zero-order chi connectivity index (χ0) is 17.6. The van der Waals surface area contributed by atoms with E-state index in [0.717, 1.165) is 5.75 Å². The molecule has 0 saturated carbocycles. The highest BCUT2D eigenvalue weighted by Gasteiger charge is 2.08. The fourth-order valence-corrected chi connectivity index (χ4v) is 2.23. The first kappa shape index (κ1) is 16.6. The number of nitrogens with zero attached hydrogens (tertiary/aromatic N) is 1. The lowest BCUT2D eigenvalue weighted by Crippen LogP contribution is -2.22. The zero-order valence-corrected chi connectivity index (χ0v) is 14.0. The number of methoxy groups -OCH3 is 1. The average molecular weight is 338 g/mol. The van der Waals surface area contributed by atoms with E-state index < -0.39 is 0 Å². The quantitative estimate of drug-likeness (QED) is 0.741. The number of aromatic nitrogens is 1. The van der Waals surface area contributed by atoms with Crippen LogP contribution in [0.25, 0.3) is 0 Å². The largest absolute Gasteiger partial charge is 0.497 e. The normalized spacial score (nSPS) is 10.3. The molecule has 1 amide bonds. The summed E-state index contributed by atoms with van der Waals surface area (Å²) in [6.07, 6.45) is 0. The van der Waals surface area contributed by atoms with Gasteiger partial charge in [-0.15, -0.1) is 0 Å². The highest BCUT2D eigenvalue weighted by molar-refractivity contribution is 5.94. The van der Waals surface area contributed by atoms with Crippen molar-refractivity contribution in [2.24, 2.45) is 0 Å². The van der Waals surface area contributed by atoms with Crippen molar-refractivity contribution in [2.45, 2.75) is 13.5 Å². The molecule has 3 aromatic rings. The van der Waals surface area contributed by atoms with Gasteiger partial charge >= 0.3 is 0 Å². The fraction of sp³-hybridized carbons (Fsp3) is 0.158. The lowest BCUT2D eigenvalue weighted by molar-refractivity contribution is 0.0950. The predicted octanol–water partition coefficient (Wildman–Crippen LogP) is 3.71. The third-order valence-electron chi connectivity index (χ3n) is 3.52. The Kier molecular flexibility index (Phi) is 4.99. The van der Waals surface area contributed by atoms with Crippen LogP contribution in [-0.4, -0.2) is 18.2 Å². The standard InChI is InChI=1S/C19H18N2O4/c1-13-11-15(21-25-13)12-20-19(22)14-3-5-17(6-4-14)24-18-9-7-16(23-2)8-10-18/h3-11H,12H2,1-2H3,(H,20,22). The topological polar surface area (TPSA) is 73.6 Å². The van der Waals surface area contributed by atoms with Crippen LogP contribution in [0.1, 0.15) is 21.8 Å². The zero-order valence-electron chi connectivity index (χ0n) is 14.0. The maximum atomic E-state index is 12.1. The van der Waals surface area contributed by atoms with Gasteiger partial charge in [0.1, 0.15) is 28.7 Å². The number of hydrogen-bond donors (Lipinski definition) is 1. The molecule has 0 fully saturated rings. The van der Waals surface area contributed by atoms with Gasteiger partial charge in [-0.25, -0.2) is 0 Å². The van der Waals surface area contributed by atoms with Gasteiger partial charge in [0.25, 0.3) is 5.91 Å². The molecule has 0 saturated heterocycles. The fourth-order valence-electron chi connectivity index (χ4n) is 2.23. The Hall–Kier alpha value is -3.28. The number of carbonyl (C=O) groups excluding carboxylic acids is 1. The Balaban J connectivity index is 1.58. The molecule has 25 heavy (non-hydrogen) atoms. The van der Waals surface area contributed by atoms with Crippen molar-refractivity contribution in [3.8, 4) is 17.2 Å². The Bertz CT molecular complexity index is 839. The number of nitrogens with one attached hydrogen (secondary N) is 1. The second-order valence-corrected chi connectivity index (χ2v) is 5.41. The van der Waals surface area contributed by atoms with E-state index in [2.05, 4.69) is 10.5 Å². The lowest BCUT2D eigenvalue weighted by Gasteiger charge is -2.08. The van der Waals surface area contributed by atoms with Crippen LogP contribution in [0, 0.1) is 6.92 Å². The molecular weight excluding hydrogens is 320 g/mol. The maximum Gasteiger partial charge on any atom is 0.251 e. The third-order valence-corrected chi connectivity index (χ3v) is 3.52. The molecule has 0 spiro atoms. The summed E-state index contributed by atoms with van der Waals surface area (Å²) in [7, 11) is 1.61. The summed E-state index contributed by atoms with van der Waals surface area (Å²) in [5, 5.41) is 6.63. The molecule has 6 nitrogen and oxygen atoms in total. The number of hydrogen-bond acceptors (Lipinski definition) is 5. The van der Waals surface area contributed by atoms with Gasteiger partial charge in [0.15, 0.2) is 0 Å². The van der Waals surface area contributed by atoms with Crippen molar-refractivity contribution >= 4 is 5.91 Å². The molecule has 128 valence electrons. The van der Waals surface area contributed by atoms with Gasteiger partial charge in [0.2, 0.25) is 0 Å². The summed E-state index contributed by atoms with van der Waals surface area (Å²) in [5.74, 6) is 2.64. The summed E-state index contributed by atoms with van der Waals surface area (Å²) in [6, 6.07) is 16.0. The molecular formula is C19H18N2O4. The number of amides is 1. The van der Waals surface area contributed by atoms with Gasteiger partial charge < -0.3 is 19.3 Å². The number of ether oxygens (including phenoxy) is 2. The SMILES string of the molecule is COc1ccc(Oc2ccc(C(=O)NCc3cc(C)on3)cc2)cc1. The van der Waals surface area contributed by atoms with E-state index in [1.54, 1.807) is 44.4 Å². The van der Waals surface area contributed by atoms with Crippen molar-refractivity contribution in [2.75, 3.05) is 7.11 Å². The van der Waals surface area contributed by atoms with Crippen LogP contribution in [0.2, 0.25) is 0 Å². The first-order chi connectivity index (χ1) is 12.1. The first-order valence-electron chi connectivity index (χ1n) is 7.76. The summed E-state index contributed by atoms with van der Waals surface area (Å²) < 4.78 is 15.8. The van der Waals surface area contributed by atoms with Crippen molar-refractivity contribution < 1.29 is 18.8 Å². The average Bonchev–Trinajstić information content (AvgIpc) is 3.06. The van der Waals surface area contributed by atoms with Crippen molar-refractivity contribution in [1.82, 2.24) is 10.5 Å². The van der Waals surface area contributed by atoms with Crippen molar-refractivity contribution in [1.29, 1.82) is 0 Å². The molecule has 2 aromatic carbocycles. The Morgan fingerprint density at radius 2 is 1.64 bits per heavy atom. The third kappa shape index (κ3) is 4.38. The first-order valence-corrected chi connectivity index (χ1v) is 7.76. The van der Waals surface area contributed by atoms with E-state index in [4.69, 9.17) is 14.0 Å². The molecule has 1 heterocycles. The van der Waals surface area contributed by atoms with Gasteiger partial charge in [-0.3, -0.25) is 4.79 Å². The molecule has 0 atom stereocenters. The Morgan fingerprint density at radius 3 is 2.20 bits per heavy atom. The minimum Gasteiger partial charge on any atom is -0.497 e. The molecule has 1 aromatic heterocycles. The Morgan fingerprint density at radius 1 is 1.04 bits per heavy atom. The van der Waals surface area contributed by atoms with Gasteiger partial charge in [-0.2, -0.15) is 0 Å². The van der Waals surface area contributed by atoms with E-state index in [9.17, 15) is 4.79 Å². The number of aryl methyl sites for hydroxylation is 1. The monoisotopic (exact) mass is 338 g/mol. The maximum absolute atomic E-state index is 12.1. The van der Waals surface area contributed by atoms with E-state index in [1.807, 2.05) is 24.3 Å². The van der Waals surface area contributed by atoms with Crippen LogP contribution in [0.4, 0.5) is 0 Å². The van der Waals surface area contributed by atoms with Crippen LogP contribution < -0.4 is 14.8 Å². The van der Waals surface area contributed by atoms with Crippen molar-refractivity contribution in [3.63, 3.8) is 0 Å². The van der Waals surface area contributed by atoms with Crippen molar-refractivity contribution in [3.05, 3.63) is 71.6 Å². The number of carbonyl (C=O) groups is 1. The van der Waals surface area contributed by atoms with Crippen LogP contribution in [0.15, 0.2) is 59.1 Å². The summed E-state index contributed by atoms with van der Waals surface area (Å²) >= 11 is 0. The van der Waals surface area contributed by atoms with Crippen LogP contribution in [0.5, 0.6) is 17.2 Å². The highest BCUT2D eigenvalue weighted by atomic mass is 16.5. The second-order valence-electron chi connectivity index (χ2n) is 5.41. The summed E-state index contributed by atoms with van der Waals surface area (Å²) in [6.45, 7) is 2.13. The van der Waals surface area contributed by atoms with Gasteiger partial charge in [-0.1, -0.05) is 5.16 Å². The minimum absolute atomic E-state index is 0.184. The molecule has 3 rings (SSSR count). The molecule has 0 aliphatic rings. The van der Waals surface area contributed by atoms with Gasteiger partial charge in [-0.05, 0) is 55.5 Å². The number of rotatable bonds is 6. The van der Waals surface area contributed by atoms with E-state index in [0.29, 0.717) is 35.1 Å². The molecule has 1 N–H and O–H groups in total. The van der Waals surface area contributed by atoms with E-state index >= 15 is 0 Å². The molecule has 6 heteroatoms. The van der Waals surface area contributed by atoms with E-state index in [1.165, 1.54) is 0 Å². The van der Waals surface area contributed by atoms with Crippen LogP contribution in [-0.2, 0) is 6.54 Å². The second kappa shape index (κ2) is 7.53. The van der Waals surface area contributed by atoms with Gasteiger partial charge in [0, 0.05) is 11.6 Å². The molecule has 0 aliphatic heterocycles. The molecule has 0 unspecified atom stereocenters. The molecule has 0 radical (unpaired) electrons. The van der Waals surface area contributed by atoms with Crippen LogP contribution in [0.3, 0.4) is 0 Å². The lowest BCUT2D eigenvalue weighted by atomic mass is 10.2. The minimum atomic E-state index is -0.184. The molecule has 0 aliphatic carbocycles. The van der Waals surface area contributed by atoms with E-state index in [-0.39, 0.29) is 5.91 Å².